The van der Waals surface area contributed by atoms with E-state index in [0.29, 0.717) is 39.6 Å². The summed E-state index contributed by atoms with van der Waals surface area (Å²) in [6.07, 6.45) is 0. The van der Waals surface area contributed by atoms with E-state index >= 15 is 0 Å². The van der Waals surface area contributed by atoms with Crippen molar-refractivity contribution in [1.29, 1.82) is 0 Å². The van der Waals surface area contributed by atoms with Gasteiger partial charge in [0.2, 0.25) is 0 Å². The number of anilines is 4. The molecule has 0 saturated carbocycles. The number of azo groups is 3. The molecule has 0 amide bonds. The van der Waals surface area contributed by atoms with Crippen molar-refractivity contribution in [3.05, 3.63) is 101 Å². The minimum Gasteiger partial charge on any atom is -0.871 e. The summed E-state index contributed by atoms with van der Waals surface area (Å²) in [5.41, 5.74) is 29.9. The minimum absolute atomic E-state index is 0. The quantitative estimate of drug-likeness (QED) is 0.0609. The molecule has 0 aliphatic rings. The van der Waals surface area contributed by atoms with Crippen molar-refractivity contribution >= 4 is 87.9 Å². The van der Waals surface area contributed by atoms with Crippen LogP contribution < -0.4 is 87.2 Å². The van der Waals surface area contributed by atoms with Crippen LogP contribution >= 0.6 is 0 Å². The monoisotopic (exact) mass is 852 g/mol. The summed E-state index contributed by atoms with van der Waals surface area (Å²) >= 11 is 0. The Morgan fingerprint density at radius 3 is 1.37 bits per heavy atom. The zero-order valence-electron chi connectivity index (χ0n) is 32.7. The van der Waals surface area contributed by atoms with Gasteiger partial charge in [-0.25, -0.2) is 8.42 Å². The van der Waals surface area contributed by atoms with E-state index in [-0.39, 0.29) is 86.9 Å². The van der Waals surface area contributed by atoms with Crippen molar-refractivity contribution in [3.63, 3.8) is 0 Å². The third-order valence-electron chi connectivity index (χ3n) is 9.00. The van der Waals surface area contributed by atoms with Gasteiger partial charge in [0.05, 0.1) is 33.3 Å². The van der Waals surface area contributed by atoms with Gasteiger partial charge >= 0.3 is 59.1 Å². The first-order chi connectivity index (χ1) is 26.7. The molecule has 0 spiro atoms. The van der Waals surface area contributed by atoms with Crippen LogP contribution in [0, 0.1) is 27.7 Å². The fraction of sp³-hybridized carbons (Fsp3) is 0.105. The first-order valence-corrected chi connectivity index (χ1v) is 19.6. The van der Waals surface area contributed by atoms with Crippen molar-refractivity contribution in [2.45, 2.75) is 37.5 Å². The minimum atomic E-state index is -5.25. The molecular weight excluding hydrogens is 819 g/mol. The van der Waals surface area contributed by atoms with Crippen LogP contribution in [0.25, 0.3) is 21.9 Å². The van der Waals surface area contributed by atoms with Crippen LogP contribution in [0.3, 0.4) is 0 Å². The van der Waals surface area contributed by atoms with Crippen LogP contribution in [0.1, 0.15) is 22.3 Å². The fourth-order valence-corrected chi connectivity index (χ4v) is 7.04. The third kappa shape index (κ3) is 10.3. The summed E-state index contributed by atoms with van der Waals surface area (Å²) in [6, 6.07) is 19.6. The number of nitrogens with two attached hydrogens (primary N) is 4. The van der Waals surface area contributed by atoms with Crippen molar-refractivity contribution in [1.82, 2.24) is 0 Å². The molecule has 59 heavy (non-hydrogen) atoms. The number of nitrogens with zero attached hydrogens (tertiary/aromatic N) is 6. The Balaban J connectivity index is 0.00000384. The Morgan fingerprint density at radius 2 is 0.932 bits per heavy atom. The van der Waals surface area contributed by atoms with Gasteiger partial charge in [-0.15, -0.1) is 20.5 Å². The van der Waals surface area contributed by atoms with Gasteiger partial charge < -0.3 is 32.6 Å². The smallest absolute Gasteiger partial charge is 0.871 e. The fourth-order valence-electron chi connectivity index (χ4n) is 5.76. The zero-order valence-corrected chi connectivity index (χ0v) is 38.3. The normalized spacial score (nSPS) is 12.0. The molecule has 0 fully saturated rings. The number of hydrogen-bond donors (Lipinski definition) is 5. The van der Waals surface area contributed by atoms with E-state index in [1.54, 1.807) is 44.2 Å². The van der Waals surface area contributed by atoms with Crippen molar-refractivity contribution < 1.29 is 90.2 Å². The Hall–Kier alpha value is -4.80. The Bertz CT molecular complexity index is 2980. The van der Waals surface area contributed by atoms with E-state index in [1.807, 2.05) is 32.0 Å². The number of aryl methyl sites for hydroxylation is 4. The summed E-state index contributed by atoms with van der Waals surface area (Å²) < 4.78 is 71.8. The van der Waals surface area contributed by atoms with Crippen molar-refractivity contribution in [2.24, 2.45) is 30.7 Å². The van der Waals surface area contributed by atoms with Crippen molar-refractivity contribution in [2.75, 3.05) is 22.9 Å². The Labute approximate surface area is 383 Å². The van der Waals surface area contributed by atoms with Gasteiger partial charge in [-0.3, -0.25) is 4.55 Å². The zero-order chi connectivity index (χ0) is 41.6. The molecular formula is C38H34N10Na2O7S2. The molecule has 0 heterocycles. The average molecular weight is 853 g/mol. The van der Waals surface area contributed by atoms with E-state index in [1.165, 1.54) is 12.1 Å². The summed E-state index contributed by atoms with van der Waals surface area (Å²) in [4.78, 5) is -1.88. The van der Waals surface area contributed by atoms with Gasteiger partial charge in [0, 0.05) is 11.4 Å². The maximum absolute atomic E-state index is 13.8. The second kappa shape index (κ2) is 18.2. The maximum Gasteiger partial charge on any atom is 1.00 e. The number of nitrogen functional groups attached to an aromatic ring is 4. The van der Waals surface area contributed by atoms with Crippen molar-refractivity contribution in [3.8, 4) is 16.9 Å². The SMILES string of the molecule is Cc1cc(N=Nc2ccc(-c3ccc(N=Nc4c(S(=O)(=O)O)cc5cc(S(=O)(=O)[O-])c(N=Nc6cc(C)c(N)cc6N)cc5c4[O-])c(C)c3)cc2C)c(N)cc1N.[Na+].[Na+]. The molecule has 21 heteroatoms. The second-order valence-corrected chi connectivity index (χ2v) is 15.9. The molecule has 0 aliphatic carbocycles. The number of hydrogen-bond acceptors (Lipinski definition) is 16. The van der Waals surface area contributed by atoms with Gasteiger partial charge in [0.1, 0.15) is 32.1 Å². The average Bonchev–Trinajstić information content (AvgIpc) is 3.13. The van der Waals surface area contributed by atoms with Crippen LogP contribution in [0.2, 0.25) is 0 Å². The molecule has 6 rings (SSSR count). The van der Waals surface area contributed by atoms with Crippen LogP contribution in [0.15, 0.2) is 119 Å². The van der Waals surface area contributed by atoms with E-state index < -0.39 is 47.2 Å². The van der Waals surface area contributed by atoms with Gasteiger partial charge in [0.15, 0.2) is 0 Å². The van der Waals surface area contributed by atoms with Crippen LogP contribution in [-0.4, -0.2) is 25.9 Å². The maximum atomic E-state index is 13.8. The van der Waals surface area contributed by atoms with Gasteiger partial charge in [0.25, 0.3) is 10.1 Å². The molecule has 0 aromatic heterocycles. The van der Waals surface area contributed by atoms with Gasteiger partial charge in [-0.2, -0.15) is 18.6 Å². The number of benzene rings is 6. The first-order valence-electron chi connectivity index (χ1n) is 16.7. The molecule has 0 saturated heterocycles. The molecule has 6 aromatic carbocycles. The Morgan fingerprint density at radius 1 is 0.508 bits per heavy atom. The molecule has 0 bridgehead atoms. The molecule has 0 radical (unpaired) electrons. The Kier molecular flexibility index (Phi) is 14.5. The van der Waals surface area contributed by atoms with Crippen LogP contribution in [0.5, 0.6) is 5.75 Å². The topological polar surface area (TPSA) is 313 Å². The van der Waals surface area contributed by atoms with E-state index in [9.17, 15) is 31.0 Å². The second-order valence-electron chi connectivity index (χ2n) is 13.2. The first kappa shape index (κ1) is 46.9. The third-order valence-corrected chi connectivity index (χ3v) is 10.7. The van der Waals surface area contributed by atoms with Gasteiger partial charge in [-0.05, 0) is 139 Å². The van der Waals surface area contributed by atoms with Crippen LogP contribution in [-0.2, 0) is 20.2 Å². The molecule has 0 aliphatic heterocycles. The predicted molar refractivity (Wildman–Crippen MR) is 215 cm³/mol. The summed E-state index contributed by atoms with van der Waals surface area (Å²) in [7, 11) is -10.4. The van der Waals surface area contributed by atoms with Gasteiger partial charge in [-0.1, -0.05) is 17.9 Å². The molecule has 17 nitrogen and oxygen atoms in total. The number of fused-ring (bicyclic) bond motifs is 1. The standard InChI is InChI=1S/C38H36N10O7S2.2Na/c1-18-11-32(28(41)16-26(18)39)45-43-30-7-5-22(9-20(30)3)23-6-8-31(21(4)10-23)44-48-37-36(57(53,54)55)14-24-13-35(56(50,51)52)34(15-25(24)38(37)49)47-46-33-12-19(2)27(40)17-29(33)42;;/h5-17,49H,39-42H2,1-4H3,(H,50,51,52)(H,53,54,55);;/q;2*+1/p-2. The summed E-state index contributed by atoms with van der Waals surface area (Å²) in [6.45, 7) is 7.13. The molecule has 9 N–H and O–H groups in total. The molecule has 0 unspecified atom stereocenters. The predicted octanol–water partition coefficient (Wildman–Crippen LogP) is 2.55. The largest absolute Gasteiger partial charge is 1.00 e. The van der Waals surface area contributed by atoms with E-state index in [0.717, 1.165) is 40.5 Å². The summed E-state index contributed by atoms with van der Waals surface area (Å²) in [5.74, 6) is -1.06. The van der Waals surface area contributed by atoms with E-state index in [2.05, 4.69) is 30.7 Å². The molecule has 6 aromatic rings. The van der Waals surface area contributed by atoms with Crippen LogP contribution in [0.4, 0.5) is 56.9 Å². The number of rotatable bonds is 9. The molecule has 292 valence electrons. The summed E-state index contributed by atoms with van der Waals surface area (Å²) in [5, 5.41) is 37.8. The molecule has 0 atom stereocenters. The van der Waals surface area contributed by atoms with E-state index in [4.69, 9.17) is 22.9 Å².